The van der Waals surface area contributed by atoms with Gasteiger partial charge in [0.05, 0.1) is 6.61 Å². The van der Waals surface area contributed by atoms with Crippen LogP contribution >= 0.6 is 11.8 Å². The van der Waals surface area contributed by atoms with E-state index in [1.165, 1.54) is 36.9 Å². The molecule has 0 heterocycles. The van der Waals surface area contributed by atoms with Gasteiger partial charge in [-0.3, -0.25) is 0 Å². The van der Waals surface area contributed by atoms with E-state index in [1.807, 2.05) is 0 Å². The van der Waals surface area contributed by atoms with E-state index >= 15 is 0 Å². The van der Waals surface area contributed by atoms with Crippen LogP contribution in [0.4, 0.5) is 8.78 Å². The number of carbonyl (C=O) groups is 1. The smallest absolute Gasteiger partial charge is 0.381 e. The predicted molar refractivity (Wildman–Crippen MR) is 58.8 cm³/mol. The Morgan fingerprint density at radius 2 is 2.19 bits per heavy atom. The largest absolute Gasteiger partial charge is 0.461 e. The van der Waals surface area contributed by atoms with Gasteiger partial charge in [-0.15, -0.1) is 11.8 Å². The van der Waals surface area contributed by atoms with Gasteiger partial charge in [-0.05, 0) is 25.3 Å². The van der Waals surface area contributed by atoms with Gasteiger partial charge in [0.15, 0.2) is 0 Å². The Morgan fingerprint density at radius 3 is 2.75 bits per heavy atom. The van der Waals surface area contributed by atoms with Crippen LogP contribution in [0.25, 0.3) is 0 Å². The van der Waals surface area contributed by atoms with Crippen LogP contribution in [0.5, 0.6) is 0 Å². The molecule has 0 bridgehead atoms. The number of hydrogen-bond donors (Lipinski definition) is 0. The highest BCUT2D eigenvalue weighted by molar-refractivity contribution is 7.98. The lowest BCUT2D eigenvalue weighted by Crippen LogP contribution is -2.28. The van der Waals surface area contributed by atoms with Gasteiger partial charge < -0.3 is 4.74 Å². The lowest BCUT2D eigenvalue weighted by molar-refractivity contribution is -0.173. The lowest BCUT2D eigenvalue weighted by Gasteiger charge is -2.15. The number of benzene rings is 1. The third-order valence-corrected chi connectivity index (χ3v) is 2.69. The quantitative estimate of drug-likeness (QED) is 0.603. The van der Waals surface area contributed by atoms with Gasteiger partial charge >= 0.3 is 11.9 Å². The SMILES string of the molecule is CCOC(=O)C(F)(F)c1cccc(SC)c1. The van der Waals surface area contributed by atoms with Crippen molar-refractivity contribution >= 4 is 17.7 Å². The number of alkyl halides is 2. The van der Waals surface area contributed by atoms with Crippen molar-refractivity contribution in [3.8, 4) is 0 Å². The van der Waals surface area contributed by atoms with E-state index in [0.29, 0.717) is 4.90 Å². The average Bonchev–Trinajstić information content (AvgIpc) is 2.29. The molecule has 0 spiro atoms. The van der Waals surface area contributed by atoms with Gasteiger partial charge in [0, 0.05) is 10.5 Å². The van der Waals surface area contributed by atoms with E-state index in [2.05, 4.69) is 4.74 Å². The molecular weight excluding hydrogens is 234 g/mol. The van der Waals surface area contributed by atoms with Gasteiger partial charge in [0.1, 0.15) is 0 Å². The fourth-order valence-electron chi connectivity index (χ4n) is 1.16. The molecule has 16 heavy (non-hydrogen) atoms. The standard InChI is InChI=1S/C11H12F2O2S/c1-3-15-10(14)11(12,13)8-5-4-6-9(7-8)16-2/h4-7H,3H2,1-2H3. The third-order valence-electron chi connectivity index (χ3n) is 1.96. The molecule has 0 atom stereocenters. The minimum Gasteiger partial charge on any atom is -0.461 e. The van der Waals surface area contributed by atoms with Gasteiger partial charge in [-0.25, -0.2) is 4.79 Å². The summed E-state index contributed by atoms with van der Waals surface area (Å²) >= 11 is 1.34. The Kier molecular flexibility index (Phi) is 4.29. The van der Waals surface area contributed by atoms with Gasteiger partial charge in [-0.1, -0.05) is 12.1 Å². The number of rotatable bonds is 4. The zero-order chi connectivity index (χ0) is 12.2. The second-order valence-electron chi connectivity index (χ2n) is 3.03. The van der Waals surface area contributed by atoms with E-state index in [9.17, 15) is 13.6 Å². The molecule has 1 aromatic carbocycles. The second kappa shape index (κ2) is 5.30. The average molecular weight is 246 g/mol. The Bertz CT molecular complexity index is 380. The van der Waals surface area contributed by atoms with Crippen LogP contribution in [-0.4, -0.2) is 18.8 Å². The van der Waals surface area contributed by atoms with Crippen LogP contribution in [0, 0.1) is 0 Å². The van der Waals surface area contributed by atoms with Crippen LogP contribution in [0.2, 0.25) is 0 Å². The van der Waals surface area contributed by atoms with E-state index in [-0.39, 0.29) is 12.2 Å². The summed E-state index contributed by atoms with van der Waals surface area (Å²) in [6, 6.07) is 5.71. The van der Waals surface area contributed by atoms with E-state index in [0.717, 1.165) is 0 Å². The first-order valence-corrected chi connectivity index (χ1v) is 5.94. The zero-order valence-corrected chi connectivity index (χ0v) is 9.81. The molecule has 0 radical (unpaired) electrons. The highest BCUT2D eigenvalue weighted by Crippen LogP contribution is 2.31. The fourth-order valence-corrected chi connectivity index (χ4v) is 1.62. The van der Waals surface area contributed by atoms with Crippen molar-refractivity contribution in [1.29, 1.82) is 0 Å². The van der Waals surface area contributed by atoms with Gasteiger partial charge in [-0.2, -0.15) is 8.78 Å². The molecule has 2 nitrogen and oxygen atoms in total. The summed E-state index contributed by atoms with van der Waals surface area (Å²) in [4.78, 5) is 11.8. The minimum absolute atomic E-state index is 0.0589. The summed E-state index contributed by atoms with van der Waals surface area (Å²) in [6.07, 6.45) is 1.78. The molecule has 0 fully saturated rings. The fraction of sp³-hybridized carbons (Fsp3) is 0.364. The van der Waals surface area contributed by atoms with Crippen LogP contribution in [0.3, 0.4) is 0 Å². The molecule has 88 valence electrons. The van der Waals surface area contributed by atoms with Gasteiger partial charge in [0.2, 0.25) is 0 Å². The zero-order valence-electron chi connectivity index (χ0n) is 9.00. The molecule has 0 aliphatic rings. The van der Waals surface area contributed by atoms with Crippen molar-refractivity contribution < 1.29 is 18.3 Å². The van der Waals surface area contributed by atoms with E-state index in [1.54, 1.807) is 12.3 Å². The molecule has 0 unspecified atom stereocenters. The second-order valence-corrected chi connectivity index (χ2v) is 3.91. The topological polar surface area (TPSA) is 26.3 Å². The van der Waals surface area contributed by atoms with Crippen molar-refractivity contribution in [3.63, 3.8) is 0 Å². The number of halogens is 2. The Hall–Kier alpha value is -1.10. The lowest BCUT2D eigenvalue weighted by atomic mass is 10.1. The number of hydrogen-bond acceptors (Lipinski definition) is 3. The van der Waals surface area contributed by atoms with Gasteiger partial charge in [0.25, 0.3) is 0 Å². The number of thioether (sulfide) groups is 1. The first-order valence-electron chi connectivity index (χ1n) is 4.72. The van der Waals surface area contributed by atoms with Crippen LogP contribution < -0.4 is 0 Å². The predicted octanol–water partition coefficient (Wildman–Crippen LogP) is 3.06. The maximum absolute atomic E-state index is 13.6. The van der Waals surface area contributed by atoms with Crippen LogP contribution in [0.1, 0.15) is 12.5 Å². The molecule has 1 aromatic rings. The molecule has 0 aromatic heterocycles. The molecule has 5 heteroatoms. The van der Waals surface area contributed by atoms with Crippen molar-refractivity contribution in [2.75, 3.05) is 12.9 Å². The van der Waals surface area contributed by atoms with E-state index < -0.39 is 11.9 Å². The minimum atomic E-state index is -3.58. The molecule has 0 aliphatic heterocycles. The summed E-state index contributed by atoms with van der Waals surface area (Å²) in [6.45, 7) is 1.43. The number of esters is 1. The Balaban J connectivity index is 3.01. The molecule has 1 rings (SSSR count). The summed E-state index contributed by atoms with van der Waals surface area (Å²) < 4.78 is 31.5. The monoisotopic (exact) mass is 246 g/mol. The normalized spacial score (nSPS) is 11.2. The first-order chi connectivity index (χ1) is 7.52. The Morgan fingerprint density at radius 1 is 1.50 bits per heavy atom. The molecule has 0 saturated heterocycles. The molecule has 0 aliphatic carbocycles. The summed E-state index contributed by atoms with van der Waals surface area (Å²) in [7, 11) is 0. The molecule has 0 N–H and O–H groups in total. The van der Waals surface area contributed by atoms with Crippen molar-refractivity contribution in [3.05, 3.63) is 29.8 Å². The molecule has 0 amide bonds. The summed E-state index contributed by atoms with van der Waals surface area (Å²) in [5.74, 6) is -5.09. The van der Waals surface area contributed by atoms with E-state index in [4.69, 9.17) is 0 Å². The maximum atomic E-state index is 13.6. The van der Waals surface area contributed by atoms with Crippen LogP contribution in [-0.2, 0) is 15.5 Å². The van der Waals surface area contributed by atoms with Crippen LogP contribution in [0.15, 0.2) is 29.2 Å². The summed E-state index contributed by atoms with van der Waals surface area (Å²) in [5, 5.41) is 0. The number of ether oxygens (including phenoxy) is 1. The molecular formula is C11H12F2O2S. The van der Waals surface area contributed by atoms with Crippen molar-refractivity contribution in [2.45, 2.75) is 17.7 Å². The maximum Gasteiger partial charge on any atom is 0.381 e. The summed E-state index contributed by atoms with van der Waals surface area (Å²) in [5.41, 5.74) is -0.335. The highest BCUT2D eigenvalue weighted by Gasteiger charge is 2.42. The number of carbonyl (C=O) groups excluding carboxylic acids is 1. The third kappa shape index (κ3) is 2.72. The van der Waals surface area contributed by atoms with Crippen molar-refractivity contribution in [2.24, 2.45) is 0 Å². The molecule has 0 saturated carbocycles. The Labute approximate surface area is 97.0 Å². The van der Waals surface area contributed by atoms with Crippen molar-refractivity contribution in [1.82, 2.24) is 0 Å². The first kappa shape index (κ1) is 13.0. The highest BCUT2D eigenvalue weighted by atomic mass is 32.2.